The summed E-state index contributed by atoms with van der Waals surface area (Å²) in [6.07, 6.45) is 2.09. The van der Waals surface area contributed by atoms with E-state index >= 15 is 0 Å². The third-order valence-electron chi connectivity index (χ3n) is 3.88. The van der Waals surface area contributed by atoms with Crippen molar-refractivity contribution >= 4 is 15.7 Å². The molecule has 2 rings (SSSR count). The van der Waals surface area contributed by atoms with Crippen LogP contribution < -0.4 is 4.72 Å². The quantitative estimate of drug-likeness (QED) is 0.898. The average molecular weight is 297 g/mol. The van der Waals surface area contributed by atoms with E-state index in [1.807, 2.05) is 18.2 Å². The Morgan fingerprint density at radius 1 is 1.25 bits per heavy atom. The monoisotopic (exact) mass is 297 g/mol. The summed E-state index contributed by atoms with van der Waals surface area (Å²) in [5.74, 6) is 0.347. The lowest BCUT2D eigenvalue weighted by molar-refractivity contribution is 0.133. The van der Waals surface area contributed by atoms with Crippen LogP contribution in [0.1, 0.15) is 51.0 Å². The molecule has 20 heavy (non-hydrogen) atoms. The lowest BCUT2D eigenvalue weighted by Crippen LogP contribution is -2.40. The second-order valence-corrected chi connectivity index (χ2v) is 7.72. The molecule has 0 amide bonds. The molecule has 0 aromatic heterocycles. The largest absolute Gasteiger partial charge is 0.392 e. The first-order valence-corrected chi connectivity index (χ1v) is 8.74. The second kappa shape index (κ2) is 6.14. The maximum Gasteiger partial charge on any atom is 0.238 e. The van der Waals surface area contributed by atoms with Gasteiger partial charge in [0, 0.05) is 5.69 Å². The van der Waals surface area contributed by atoms with E-state index in [-0.39, 0.29) is 0 Å². The maximum atomic E-state index is 12.4. The SMILES string of the molecule is CC(C)c1cccc(NS(=O)(=O)C2CCCCC2O)c1. The van der Waals surface area contributed by atoms with E-state index in [9.17, 15) is 13.5 Å². The highest BCUT2D eigenvalue weighted by Gasteiger charge is 2.34. The number of aliphatic hydroxyl groups is 1. The molecule has 112 valence electrons. The number of benzene rings is 1. The van der Waals surface area contributed by atoms with E-state index in [2.05, 4.69) is 18.6 Å². The van der Waals surface area contributed by atoms with E-state index in [1.165, 1.54) is 0 Å². The molecule has 0 bridgehead atoms. The number of aliphatic hydroxyl groups excluding tert-OH is 1. The summed E-state index contributed by atoms with van der Waals surface area (Å²) >= 11 is 0. The van der Waals surface area contributed by atoms with Crippen molar-refractivity contribution in [1.29, 1.82) is 0 Å². The zero-order valence-corrected chi connectivity index (χ0v) is 12.9. The van der Waals surface area contributed by atoms with Gasteiger partial charge in [0.2, 0.25) is 10.0 Å². The summed E-state index contributed by atoms with van der Waals surface area (Å²) in [5.41, 5.74) is 1.67. The summed E-state index contributed by atoms with van der Waals surface area (Å²) in [5, 5.41) is 9.21. The maximum absolute atomic E-state index is 12.4. The molecule has 0 radical (unpaired) electrons. The van der Waals surface area contributed by atoms with Crippen LogP contribution >= 0.6 is 0 Å². The fourth-order valence-corrected chi connectivity index (χ4v) is 4.27. The molecule has 2 unspecified atom stereocenters. The smallest absolute Gasteiger partial charge is 0.238 e. The summed E-state index contributed by atoms with van der Waals surface area (Å²) in [4.78, 5) is 0. The van der Waals surface area contributed by atoms with Crippen LogP contribution in [0.5, 0.6) is 0 Å². The van der Waals surface area contributed by atoms with Crippen LogP contribution in [0.2, 0.25) is 0 Å². The van der Waals surface area contributed by atoms with Gasteiger partial charge in [-0.25, -0.2) is 8.42 Å². The summed E-state index contributed by atoms with van der Waals surface area (Å²) < 4.78 is 27.4. The Hall–Kier alpha value is -1.07. The van der Waals surface area contributed by atoms with E-state index < -0.39 is 21.4 Å². The number of hydrogen-bond acceptors (Lipinski definition) is 3. The van der Waals surface area contributed by atoms with Crippen molar-refractivity contribution in [2.45, 2.75) is 56.8 Å². The number of rotatable bonds is 4. The molecule has 2 atom stereocenters. The van der Waals surface area contributed by atoms with Gasteiger partial charge in [0.15, 0.2) is 0 Å². The van der Waals surface area contributed by atoms with Gasteiger partial charge >= 0.3 is 0 Å². The molecule has 1 fully saturated rings. The lowest BCUT2D eigenvalue weighted by atomic mass is 9.97. The molecule has 1 aromatic carbocycles. The Bertz CT molecular complexity index is 554. The number of sulfonamides is 1. The Morgan fingerprint density at radius 2 is 1.95 bits per heavy atom. The topological polar surface area (TPSA) is 66.4 Å². The van der Waals surface area contributed by atoms with Gasteiger partial charge in [-0.3, -0.25) is 4.72 Å². The minimum atomic E-state index is -3.53. The van der Waals surface area contributed by atoms with Crippen LogP contribution in [0.4, 0.5) is 5.69 Å². The molecule has 1 aliphatic carbocycles. The molecule has 0 spiro atoms. The predicted molar refractivity (Wildman–Crippen MR) is 81.3 cm³/mol. The molecule has 0 heterocycles. The van der Waals surface area contributed by atoms with Gasteiger partial charge in [-0.1, -0.05) is 38.8 Å². The standard InChI is InChI=1S/C15H23NO3S/c1-11(2)12-6-5-7-13(10-12)16-20(18,19)15-9-4-3-8-14(15)17/h5-7,10-11,14-17H,3-4,8-9H2,1-2H3. The van der Waals surface area contributed by atoms with Gasteiger partial charge in [-0.15, -0.1) is 0 Å². The van der Waals surface area contributed by atoms with E-state index in [4.69, 9.17) is 0 Å². The zero-order chi connectivity index (χ0) is 14.8. The first kappa shape index (κ1) is 15.3. The molecular weight excluding hydrogens is 274 g/mol. The molecular formula is C15H23NO3S. The average Bonchev–Trinajstić information content (AvgIpc) is 2.38. The second-order valence-electron chi connectivity index (χ2n) is 5.82. The Kier molecular flexibility index (Phi) is 4.70. The van der Waals surface area contributed by atoms with Crippen molar-refractivity contribution in [2.24, 2.45) is 0 Å². The van der Waals surface area contributed by atoms with Crippen molar-refractivity contribution in [3.8, 4) is 0 Å². The lowest BCUT2D eigenvalue weighted by Gasteiger charge is -2.27. The first-order valence-electron chi connectivity index (χ1n) is 7.20. The van der Waals surface area contributed by atoms with Crippen LogP contribution in [0, 0.1) is 0 Å². The van der Waals surface area contributed by atoms with Crippen LogP contribution in [0.25, 0.3) is 0 Å². The molecule has 4 nitrogen and oxygen atoms in total. The van der Waals surface area contributed by atoms with Crippen molar-refractivity contribution in [2.75, 3.05) is 4.72 Å². The minimum absolute atomic E-state index is 0.347. The minimum Gasteiger partial charge on any atom is -0.392 e. The summed E-state index contributed by atoms with van der Waals surface area (Å²) in [7, 11) is -3.53. The fourth-order valence-electron chi connectivity index (χ4n) is 2.64. The van der Waals surface area contributed by atoms with Crippen molar-refractivity contribution in [1.82, 2.24) is 0 Å². The van der Waals surface area contributed by atoms with Crippen LogP contribution in [0.3, 0.4) is 0 Å². The number of nitrogens with one attached hydrogen (secondary N) is 1. The Morgan fingerprint density at radius 3 is 2.60 bits per heavy atom. The van der Waals surface area contributed by atoms with Crippen molar-refractivity contribution < 1.29 is 13.5 Å². The van der Waals surface area contributed by atoms with E-state index in [0.717, 1.165) is 18.4 Å². The fraction of sp³-hybridized carbons (Fsp3) is 0.600. The highest BCUT2D eigenvalue weighted by atomic mass is 32.2. The van der Waals surface area contributed by atoms with Crippen LogP contribution in [-0.4, -0.2) is 24.9 Å². The molecule has 0 aliphatic heterocycles. The zero-order valence-electron chi connectivity index (χ0n) is 12.0. The number of hydrogen-bond donors (Lipinski definition) is 2. The molecule has 5 heteroatoms. The highest BCUT2D eigenvalue weighted by molar-refractivity contribution is 7.93. The summed E-state index contributed by atoms with van der Waals surface area (Å²) in [6, 6.07) is 7.44. The van der Waals surface area contributed by atoms with Crippen LogP contribution in [-0.2, 0) is 10.0 Å². The molecule has 1 aromatic rings. The van der Waals surface area contributed by atoms with Crippen LogP contribution in [0.15, 0.2) is 24.3 Å². The third kappa shape index (κ3) is 3.52. The highest BCUT2D eigenvalue weighted by Crippen LogP contribution is 2.26. The van der Waals surface area contributed by atoms with Crippen molar-refractivity contribution in [3.63, 3.8) is 0 Å². The normalized spacial score (nSPS) is 23.8. The molecule has 1 aliphatic rings. The van der Waals surface area contributed by atoms with Crippen molar-refractivity contribution in [3.05, 3.63) is 29.8 Å². The first-order chi connectivity index (χ1) is 9.40. The number of anilines is 1. The van der Waals surface area contributed by atoms with Gasteiger partial charge in [0.25, 0.3) is 0 Å². The van der Waals surface area contributed by atoms with E-state index in [1.54, 1.807) is 6.07 Å². The third-order valence-corrected chi connectivity index (χ3v) is 5.75. The summed E-state index contributed by atoms with van der Waals surface area (Å²) in [6.45, 7) is 4.14. The van der Waals surface area contributed by atoms with Gasteiger partial charge in [0.1, 0.15) is 5.25 Å². The van der Waals surface area contributed by atoms with E-state index in [0.29, 0.717) is 24.4 Å². The van der Waals surface area contributed by atoms with Gasteiger partial charge in [0.05, 0.1) is 6.10 Å². The molecule has 2 N–H and O–H groups in total. The van der Waals surface area contributed by atoms with Gasteiger partial charge < -0.3 is 5.11 Å². The molecule has 0 saturated heterocycles. The van der Waals surface area contributed by atoms with Gasteiger partial charge in [-0.05, 0) is 36.5 Å². The Balaban J connectivity index is 2.17. The Labute approximate surface area is 121 Å². The predicted octanol–water partition coefficient (Wildman–Crippen LogP) is 2.86. The van der Waals surface area contributed by atoms with Gasteiger partial charge in [-0.2, -0.15) is 0 Å². The molecule has 1 saturated carbocycles.